The predicted molar refractivity (Wildman–Crippen MR) is 196 cm³/mol. The van der Waals surface area contributed by atoms with Crippen LogP contribution in [-0.4, -0.2) is 104 Å². The molecule has 2 saturated heterocycles. The first-order valence-corrected chi connectivity index (χ1v) is 18.9. The lowest BCUT2D eigenvalue weighted by Gasteiger charge is -2.32. The van der Waals surface area contributed by atoms with E-state index in [0.29, 0.717) is 25.2 Å². The molecule has 2 aromatic carbocycles. The number of hydrogen-bond donors (Lipinski definition) is 6. The molecule has 2 aliphatic carbocycles. The van der Waals surface area contributed by atoms with Crippen LogP contribution in [0, 0.1) is 5.92 Å². The van der Waals surface area contributed by atoms with Crippen molar-refractivity contribution in [1.29, 1.82) is 0 Å². The quantitative estimate of drug-likeness (QED) is 0.200. The molecule has 286 valence electrons. The molecule has 4 aliphatic rings. The number of nitrogens with zero attached hydrogens (tertiary/aromatic N) is 3. The lowest BCUT2D eigenvalue weighted by molar-refractivity contribution is -0.143. The van der Waals surface area contributed by atoms with E-state index in [0.717, 1.165) is 35.3 Å². The van der Waals surface area contributed by atoms with Gasteiger partial charge in [0, 0.05) is 31.0 Å². The molecular formula is C39H48N8O7. The summed E-state index contributed by atoms with van der Waals surface area (Å²) in [4.78, 5) is 89.1. The van der Waals surface area contributed by atoms with Gasteiger partial charge < -0.3 is 41.2 Å². The summed E-state index contributed by atoms with van der Waals surface area (Å²) >= 11 is 0. The predicted octanol–water partition coefficient (Wildman–Crippen LogP) is 0.396. The number of imidazole rings is 1. The molecule has 7 rings (SSSR count). The fraction of sp³-hybridized carbons (Fsp3) is 0.513. The highest BCUT2D eigenvalue weighted by atomic mass is 16.3. The number of benzene rings is 2. The molecule has 0 unspecified atom stereocenters. The Kier molecular flexibility index (Phi) is 10.7. The van der Waals surface area contributed by atoms with Crippen LogP contribution in [0.3, 0.4) is 0 Å². The number of carbonyl (C=O) groups excluding carboxylic acids is 6. The van der Waals surface area contributed by atoms with Crippen molar-refractivity contribution >= 4 is 46.5 Å². The third kappa shape index (κ3) is 7.96. The number of aliphatic hydroxyl groups is 1. The van der Waals surface area contributed by atoms with E-state index < -0.39 is 77.8 Å². The largest absolute Gasteiger partial charge is 0.391 e. The molecule has 0 spiro atoms. The average Bonchev–Trinajstić information content (AvgIpc) is 3.56. The van der Waals surface area contributed by atoms with Crippen molar-refractivity contribution in [2.45, 2.75) is 114 Å². The highest BCUT2D eigenvalue weighted by Gasteiger charge is 2.45. The monoisotopic (exact) mass is 740 g/mol. The van der Waals surface area contributed by atoms with Gasteiger partial charge in [0.1, 0.15) is 36.5 Å². The Morgan fingerprint density at radius 2 is 1.63 bits per heavy atom. The second-order valence-corrected chi connectivity index (χ2v) is 15.2. The van der Waals surface area contributed by atoms with Gasteiger partial charge in [0.05, 0.1) is 23.1 Å². The fourth-order valence-corrected chi connectivity index (χ4v) is 8.07. The molecule has 15 nitrogen and oxygen atoms in total. The topological polar surface area (TPSA) is 204 Å². The van der Waals surface area contributed by atoms with Crippen molar-refractivity contribution in [2.75, 3.05) is 6.54 Å². The third-order valence-electron chi connectivity index (χ3n) is 11.1. The maximum absolute atomic E-state index is 14.6. The number of carbonyl (C=O) groups is 6. The number of aromatic nitrogens is 2. The van der Waals surface area contributed by atoms with E-state index in [-0.39, 0.29) is 31.8 Å². The molecule has 6 N–H and O–H groups in total. The van der Waals surface area contributed by atoms with Crippen LogP contribution in [0.15, 0.2) is 54.6 Å². The van der Waals surface area contributed by atoms with Gasteiger partial charge in [0.15, 0.2) is 0 Å². The Morgan fingerprint density at radius 3 is 2.37 bits per heavy atom. The normalized spacial score (nSPS) is 28.8. The van der Waals surface area contributed by atoms with Crippen LogP contribution in [0.5, 0.6) is 0 Å². The average molecular weight is 741 g/mol. The Hall–Kier alpha value is -5.31. The second-order valence-electron chi connectivity index (χ2n) is 15.2. The number of para-hydroxylation sites is 2. The Morgan fingerprint density at radius 1 is 0.889 bits per heavy atom. The smallest absolute Gasteiger partial charge is 0.246 e. The first-order valence-electron chi connectivity index (χ1n) is 18.9. The maximum Gasteiger partial charge on any atom is 0.246 e. The van der Waals surface area contributed by atoms with E-state index in [4.69, 9.17) is 4.98 Å². The molecule has 2 aliphatic heterocycles. The van der Waals surface area contributed by atoms with E-state index in [1.807, 2.05) is 34.9 Å². The molecule has 0 bridgehead atoms. The van der Waals surface area contributed by atoms with Crippen molar-refractivity contribution in [3.05, 3.63) is 66.0 Å². The number of amides is 6. The molecule has 6 amide bonds. The van der Waals surface area contributed by atoms with E-state index in [9.17, 15) is 33.9 Å². The van der Waals surface area contributed by atoms with E-state index in [2.05, 4.69) is 26.6 Å². The Labute approximate surface area is 313 Å². The van der Waals surface area contributed by atoms with Gasteiger partial charge in [-0.05, 0) is 63.6 Å². The van der Waals surface area contributed by atoms with Crippen LogP contribution >= 0.6 is 0 Å². The molecule has 4 fully saturated rings. The van der Waals surface area contributed by atoms with Crippen molar-refractivity contribution in [3.8, 4) is 0 Å². The summed E-state index contributed by atoms with van der Waals surface area (Å²) in [7, 11) is 0. The number of hydrogen-bond acceptors (Lipinski definition) is 8. The van der Waals surface area contributed by atoms with Crippen LogP contribution < -0.4 is 26.6 Å². The van der Waals surface area contributed by atoms with Crippen LogP contribution in [0.2, 0.25) is 0 Å². The first-order chi connectivity index (χ1) is 26.0. The molecule has 15 heteroatoms. The molecule has 1 aromatic heterocycles. The lowest BCUT2D eigenvalue weighted by Crippen LogP contribution is -2.61. The van der Waals surface area contributed by atoms with E-state index >= 15 is 0 Å². The zero-order chi connectivity index (χ0) is 38.1. The third-order valence-corrected chi connectivity index (χ3v) is 11.1. The second kappa shape index (κ2) is 15.6. The van der Waals surface area contributed by atoms with Gasteiger partial charge in [-0.25, -0.2) is 4.98 Å². The van der Waals surface area contributed by atoms with E-state index in [1.54, 1.807) is 24.3 Å². The highest BCUT2D eigenvalue weighted by molar-refractivity contribution is 5.97. The van der Waals surface area contributed by atoms with Crippen molar-refractivity contribution in [1.82, 2.24) is 41.0 Å². The van der Waals surface area contributed by atoms with Gasteiger partial charge in [0.2, 0.25) is 35.4 Å². The van der Waals surface area contributed by atoms with Gasteiger partial charge in [0.25, 0.3) is 0 Å². The van der Waals surface area contributed by atoms with Gasteiger partial charge in [-0.15, -0.1) is 0 Å². The summed E-state index contributed by atoms with van der Waals surface area (Å²) in [6, 6.07) is 10.9. The van der Waals surface area contributed by atoms with Gasteiger partial charge in [-0.2, -0.15) is 0 Å². The number of aliphatic hydroxyl groups excluding tert-OH is 1. The molecule has 54 heavy (non-hydrogen) atoms. The standard InChI is InChI=1S/C39H48N8O7/c1-21-35(50)43-27-13-8-11-26(27)36(51)45-33(22(2)48)38(53)44-29(17-23-9-4-3-5-10-23)39(54)47-19-25(18-31(47)37(52)40-21)41-32(49)20-46-30-14-7-6-12-28(30)42-34(46)24-15-16-24/h3-7,9-10,12,14,21-22,24-27,29,31,33,48H,8,11,13,15-20H2,1-2H3,(H,40,52)(H,41,49)(H,43,50)(H,44,53)(H,45,51)/t21-,22+,25+,26+,27+,29-,31-,33-/m0/s1. The number of fused-ring (bicyclic) bond motifs is 3. The van der Waals surface area contributed by atoms with Crippen molar-refractivity contribution in [3.63, 3.8) is 0 Å². The van der Waals surface area contributed by atoms with Gasteiger partial charge in [-0.1, -0.05) is 48.9 Å². The van der Waals surface area contributed by atoms with Gasteiger partial charge in [-0.3, -0.25) is 28.8 Å². The molecule has 8 atom stereocenters. The maximum atomic E-state index is 14.6. The Bertz CT molecular complexity index is 1930. The van der Waals surface area contributed by atoms with Crippen LogP contribution in [0.25, 0.3) is 11.0 Å². The summed E-state index contributed by atoms with van der Waals surface area (Å²) in [6.45, 7) is 2.88. The van der Waals surface area contributed by atoms with Crippen molar-refractivity contribution < 1.29 is 33.9 Å². The van der Waals surface area contributed by atoms with Gasteiger partial charge >= 0.3 is 0 Å². The summed E-state index contributed by atoms with van der Waals surface area (Å²) in [5.74, 6) is -2.74. The Balaban J connectivity index is 1.17. The lowest BCUT2D eigenvalue weighted by atomic mass is 10.00. The minimum atomic E-state index is -1.39. The minimum Gasteiger partial charge on any atom is -0.391 e. The zero-order valence-electron chi connectivity index (χ0n) is 30.5. The molecule has 2 saturated carbocycles. The molecule has 3 aromatic rings. The van der Waals surface area contributed by atoms with Crippen molar-refractivity contribution in [2.24, 2.45) is 5.92 Å². The molecule has 3 heterocycles. The summed E-state index contributed by atoms with van der Waals surface area (Å²) < 4.78 is 1.93. The minimum absolute atomic E-state index is 0.00612. The number of nitrogens with one attached hydrogen (secondary N) is 5. The number of rotatable bonds is 7. The summed E-state index contributed by atoms with van der Waals surface area (Å²) in [5, 5.41) is 24.8. The van der Waals surface area contributed by atoms with Crippen LogP contribution in [0.1, 0.15) is 69.7 Å². The zero-order valence-corrected chi connectivity index (χ0v) is 30.5. The fourth-order valence-electron chi connectivity index (χ4n) is 8.07. The summed E-state index contributed by atoms with van der Waals surface area (Å²) in [5.41, 5.74) is 2.38. The van der Waals surface area contributed by atoms with Crippen LogP contribution in [0.4, 0.5) is 0 Å². The first kappa shape index (κ1) is 37.0. The summed E-state index contributed by atoms with van der Waals surface area (Å²) in [6.07, 6.45) is 2.46. The van der Waals surface area contributed by atoms with E-state index in [1.165, 1.54) is 18.7 Å². The molecular weight excluding hydrogens is 692 g/mol. The molecule has 0 radical (unpaired) electrons. The SMILES string of the molecule is C[C@@H]1NC(=O)[C@@H]2C[C@@H](NC(=O)Cn3c(C4CC4)nc4ccccc43)CN2C(=O)[C@H](Cc2ccccc2)NC(=O)[C@H]([C@@H](C)O)NC(=O)[C@@H]2CCC[C@H]2NC1=O. The highest BCUT2D eigenvalue weighted by Crippen LogP contribution is 2.40. The van der Waals surface area contributed by atoms with Crippen LogP contribution in [-0.2, 0) is 41.7 Å².